The zero-order chi connectivity index (χ0) is 13.8. The van der Waals surface area contributed by atoms with E-state index in [0.717, 1.165) is 16.7 Å². The Balaban J connectivity index is 1.69. The van der Waals surface area contributed by atoms with E-state index in [9.17, 15) is 0 Å². The zero-order valence-corrected chi connectivity index (χ0v) is 13.2. The second-order valence-corrected chi connectivity index (χ2v) is 6.58. The van der Waals surface area contributed by atoms with Gasteiger partial charge in [-0.25, -0.2) is 0 Å². The van der Waals surface area contributed by atoms with Crippen LogP contribution in [0.2, 0.25) is 0 Å². The molecule has 0 fully saturated rings. The molecule has 1 heterocycles. The molecule has 20 heavy (non-hydrogen) atoms. The smallest absolute Gasteiger partial charge is 0.0494 e. The standard InChI is InChI=1S/C17H14BrNS/c18-14-7-4-8-15(11-14)19-12-16-9-10-17(20-16)13-5-2-1-3-6-13/h1-11,19H,12H2. The van der Waals surface area contributed by atoms with E-state index in [1.165, 1.54) is 15.3 Å². The third-order valence-electron chi connectivity index (χ3n) is 3.01. The van der Waals surface area contributed by atoms with Crippen molar-refractivity contribution in [2.75, 3.05) is 5.32 Å². The fourth-order valence-corrected chi connectivity index (χ4v) is 3.37. The van der Waals surface area contributed by atoms with Crippen LogP contribution in [0.4, 0.5) is 5.69 Å². The first-order valence-corrected chi connectivity index (χ1v) is 8.06. The normalized spacial score (nSPS) is 10.4. The maximum Gasteiger partial charge on any atom is 0.0494 e. The van der Waals surface area contributed by atoms with Crippen LogP contribution in [0.25, 0.3) is 10.4 Å². The number of hydrogen-bond donors (Lipinski definition) is 1. The molecular weight excluding hydrogens is 330 g/mol. The molecule has 0 bridgehead atoms. The summed E-state index contributed by atoms with van der Waals surface area (Å²) in [6, 6.07) is 23.1. The maximum absolute atomic E-state index is 3.49. The molecular formula is C17H14BrNS. The summed E-state index contributed by atoms with van der Waals surface area (Å²) in [6.45, 7) is 0.855. The molecule has 3 heteroatoms. The van der Waals surface area contributed by atoms with Crippen molar-refractivity contribution < 1.29 is 0 Å². The molecule has 0 saturated heterocycles. The first-order chi connectivity index (χ1) is 9.81. The molecule has 1 N–H and O–H groups in total. The lowest BCUT2D eigenvalue weighted by Crippen LogP contribution is -1.96. The van der Waals surface area contributed by atoms with Crippen molar-refractivity contribution in [3.05, 3.63) is 76.1 Å². The number of rotatable bonds is 4. The number of halogens is 1. The summed E-state index contributed by atoms with van der Waals surface area (Å²) < 4.78 is 1.10. The van der Waals surface area contributed by atoms with Gasteiger partial charge in [-0.2, -0.15) is 0 Å². The van der Waals surface area contributed by atoms with Gasteiger partial charge < -0.3 is 5.32 Å². The Bertz CT molecular complexity index is 691. The molecule has 0 atom stereocenters. The molecule has 100 valence electrons. The van der Waals surface area contributed by atoms with Gasteiger partial charge >= 0.3 is 0 Å². The number of anilines is 1. The van der Waals surface area contributed by atoms with Crippen molar-refractivity contribution in [1.29, 1.82) is 0 Å². The Morgan fingerprint density at radius 3 is 2.55 bits per heavy atom. The Hall–Kier alpha value is -1.58. The Labute approximate surface area is 131 Å². The van der Waals surface area contributed by atoms with Crippen LogP contribution in [0.1, 0.15) is 4.88 Å². The number of hydrogen-bond acceptors (Lipinski definition) is 2. The van der Waals surface area contributed by atoms with Crippen LogP contribution in [0, 0.1) is 0 Å². The number of nitrogens with one attached hydrogen (secondary N) is 1. The third kappa shape index (κ3) is 3.30. The summed E-state index contributed by atoms with van der Waals surface area (Å²) in [6.07, 6.45) is 0. The summed E-state index contributed by atoms with van der Waals surface area (Å²) in [4.78, 5) is 2.65. The fraction of sp³-hybridized carbons (Fsp3) is 0.0588. The summed E-state index contributed by atoms with van der Waals surface area (Å²) in [5.41, 5.74) is 2.42. The molecule has 1 aromatic heterocycles. The van der Waals surface area contributed by atoms with Crippen molar-refractivity contribution in [1.82, 2.24) is 0 Å². The van der Waals surface area contributed by atoms with Gasteiger partial charge in [0.1, 0.15) is 0 Å². The Kier molecular flexibility index (Phi) is 4.19. The summed E-state index contributed by atoms with van der Waals surface area (Å²) >= 11 is 5.32. The lowest BCUT2D eigenvalue weighted by atomic mass is 10.2. The van der Waals surface area contributed by atoms with E-state index in [0.29, 0.717) is 0 Å². The van der Waals surface area contributed by atoms with E-state index in [4.69, 9.17) is 0 Å². The summed E-state index contributed by atoms with van der Waals surface area (Å²) in [5.74, 6) is 0. The molecule has 3 rings (SSSR count). The quantitative estimate of drug-likeness (QED) is 0.632. The van der Waals surface area contributed by atoms with Gasteiger partial charge in [-0.1, -0.05) is 52.3 Å². The molecule has 0 radical (unpaired) electrons. The van der Waals surface area contributed by atoms with Gasteiger partial charge in [0.05, 0.1) is 0 Å². The Morgan fingerprint density at radius 1 is 0.900 bits per heavy atom. The van der Waals surface area contributed by atoms with E-state index in [-0.39, 0.29) is 0 Å². The molecule has 0 spiro atoms. The predicted molar refractivity (Wildman–Crippen MR) is 91.2 cm³/mol. The van der Waals surface area contributed by atoms with Gasteiger partial charge in [-0.15, -0.1) is 11.3 Å². The minimum absolute atomic E-state index is 0.855. The molecule has 3 aromatic rings. The first-order valence-electron chi connectivity index (χ1n) is 6.45. The highest BCUT2D eigenvalue weighted by Crippen LogP contribution is 2.28. The topological polar surface area (TPSA) is 12.0 Å². The number of thiophene rings is 1. The van der Waals surface area contributed by atoms with Crippen LogP contribution in [0.15, 0.2) is 71.2 Å². The Morgan fingerprint density at radius 2 is 1.75 bits per heavy atom. The molecule has 0 aliphatic carbocycles. The third-order valence-corrected chi connectivity index (χ3v) is 4.64. The average molecular weight is 344 g/mol. The number of benzene rings is 2. The predicted octanol–water partition coefficient (Wildman–Crippen LogP) is 5.79. The van der Waals surface area contributed by atoms with E-state index in [1.807, 2.05) is 29.5 Å². The van der Waals surface area contributed by atoms with Crippen LogP contribution in [-0.2, 0) is 6.54 Å². The lowest BCUT2D eigenvalue weighted by Gasteiger charge is -2.04. The van der Waals surface area contributed by atoms with E-state index in [1.54, 1.807) is 0 Å². The first kappa shape index (κ1) is 13.4. The lowest BCUT2D eigenvalue weighted by molar-refractivity contribution is 1.19. The summed E-state index contributed by atoms with van der Waals surface area (Å²) in [5, 5.41) is 3.45. The molecule has 0 aliphatic rings. The molecule has 0 unspecified atom stereocenters. The highest BCUT2D eigenvalue weighted by molar-refractivity contribution is 9.10. The minimum atomic E-state index is 0.855. The molecule has 0 aliphatic heterocycles. The second kappa shape index (κ2) is 6.25. The molecule has 1 nitrogen and oxygen atoms in total. The highest BCUT2D eigenvalue weighted by Gasteiger charge is 2.02. The SMILES string of the molecule is Brc1cccc(NCc2ccc(-c3ccccc3)s2)c1. The van der Waals surface area contributed by atoms with Gasteiger partial charge in [0.25, 0.3) is 0 Å². The molecule has 0 saturated carbocycles. The van der Waals surface area contributed by atoms with Gasteiger partial charge in [0.2, 0.25) is 0 Å². The van der Waals surface area contributed by atoms with Crippen molar-refractivity contribution >= 4 is 33.0 Å². The maximum atomic E-state index is 3.49. The highest BCUT2D eigenvalue weighted by atomic mass is 79.9. The fourth-order valence-electron chi connectivity index (χ4n) is 2.02. The average Bonchev–Trinajstić information content (AvgIpc) is 2.95. The van der Waals surface area contributed by atoms with Crippen molar-refractivity contribution in [3.8, 4) is 10.4 Å². The van der Waals surface area contributed by atoms with Crippen molar-refractivity contribution in [2.45, 2.75) is 6.54 Å². The van der Waals surface area contributed by atoms with Gasteiger partial charge in [-0.05, 0) is 35.9 Å². The minimum Gasteiger partial charge on any atom is -0.380 e. The second-order valence-electron chi connectivity index (χ2n) is 4.50. The molecule has 0 amide bonds. The van der Waals surface area contributed by atoms with Crippen LogP contribution in [0.3, 0.4) is 0 Å². The van der Waals surface area contributed by atoms with Crippen molar-refractivity contribution in [3.63, 3.8) is 0 Å². The van der Waals surface area contributed by atoms with E-state index < -0.39 is 0 Å². The van der Waals surface area contributed by atoms with Crippen molar-refractivity contribution in [2.24, 2.45) is 0 Å². The van der Waals surface area contributed by atoms with Crippen LogP contribution < -0.4 is 5.32 Å². The van der Waals surface area contributed by atoms with E-state index >= 15 is 0 Å². The van der Waals surface area contributed by atoms with Crippen LogP contribution >= 0.6 is 27.3 Å². The zero-order valence-electron chi connectivity index (χ0n) is 10.8. The monoisotopic (exact) mass is 343 g/mol. The van der Waals surface area contributed by atoms with Crippen LogP contribution in [0.5, 0.6) is 0 Å². The molecule has 2 aromatic carbocycles. The summed E-state index contributed by atoms with van der Waals surface area (Å²) in [7, 11) is 0. The van der Waals surface area contributed by atoms with Crippen LogP contribution in [-0.4, -0.2) is 0 Å². The largest absolute Gasteiger partial charge is 0.380 e. The van der Waals surface area contributed by atoms with Gasteiger partial charge in [0, 0.05) is 26.5 Å². The van der Waals surface area contributed by atoms with E-state index in [2.05, 4.69) is 69.8 Å². The van der Waals surface area contributed by atoms with Gasteiger partial charge in [-0.3, -0.25) is 0 Å². The van der Waals surface area contributed by atoms with Gasteiger partial charge in [0.15, 0.2) is 0 Å².